The van der Waals surface area contributed by atoms with Gasteiger partial charge in [-0.1, -0.05) is 13.0 Å². The fourth-order valence-corrected chi connectivity index (χ4v) is 2.75. The number of halogens is 1. The van der Waals surface area contributed by atoms with Crippen LogP contribution in [0, 0.1) is 0 Å². The molecule has 0 atom stereocenters. The largest absolute Gasteiger partial charge is 0.450 e. The van der Waals surface area contributed by atoms with Crippen molar-refractivity contribution in [3.63, 3.8) is 0 Å². The van der Waals surface area contributed by atoms with Gasteiger partial charge in [-0.2, -0.15) is 0 Å². The van der Waals surface area contributed by atoms with Crippen molar-refractivity contribution in [2.24, 2.45) is 4.99 Å². The molecule has 1 aromatic heterocycles. The van der Waals surface area contributed by atoms with Gasteiger partial charge in [0.1, 0.15) is 12.2 Å². The maximum absolute atomic E-state index is 11.8. The van der Waals surface area contributed by atoms with Crippen molar-refractivity contribution < 1.29 is 9.53 Å². The Morgan fingerprint density at radius 2 is 2.04 bits per heavy atom. The molecule has 27 heavy (non-hydrogen) atoms. The van der Waals surface area contributed by atoms with Gasteiger partial charge < -0.3 is 24.4 Å². The van der Waals surface area contributed by atoms with Gasteiger partial charge in [0, 0.05) is 45.7 Å². The minimum absolute atomic E-state index is 0. The van der Waals surface area contributed by atoms with E-state index in [9.17, 15) is 4.79 Å². The summed E-state index contributed by atoms with van der Waals surface area (Å²) in [6.07, 6.45) is 4.15. The van der Waals surface area contributed by atoms with Crippen LogP contribution in [0.3, 0.4) is 0 Å². The van der Waals surface area contributed by atoms with E-state index in [1.165, 1.54) is 0 Å². The molecule has 2 rings (SSSR count). The van der Waals surface area contributed by atoms with Gasteiger partial charge in [-0.25, -0.2) is 4.79 Å². The van der Waals surface area contributed by atoms with Crippen molar-refractivity contribution in [1.82, 2.24) is 29.9 Å². The lowest BCUT2D eigenvalue weighted by atomic mass is 10.3. The second-order valence-electron chi connectivity index (χ2n) is 5.84. The minimum Gasteiger partial charge on any atom is -0.450 e. The Hall–Kier alpha value is -1.85. The second kappa shape index (κ2) is 12.5. The number of carbonyl (C=O) groups excluding carboxylic acids is 1. The third-order valence-corrected chi connectivity index (χ3v) is 4.12. The van der Waals surface area contributed by atoms with E-state index in [0.29, 0.717) is 45.9 Å². The van der Waals surface area contributed by atoms with Crippen LogP contribution in [0.25, 0.3) is 0 Å². The Morgan fingerprint density at radius 1 is 1.33 bits per heavy atom. The lowest BCUT2D eigenvalue weighted by Crippen LogP contribution is -2.54. The summed E-state index contributed by atoms with van der Waals surface area (Å²) in [6.45, 7) is 12.7. The number of carbonyl (C=O) groups is 1. The van der Waals surface area contributed by atoms with Crippen LogP contribution in [0.15, 0.2) is 24.0 Å². The fourth-order valence-electron chi connectivity index (χ4n) is 2.75. The standard InChI is InChI=1S/C17H29N7O2.HI/c1-4-7-18-16(19-8-9-24-14-20-21-15(24)5-2)22-10-12-23(13-11-22)17(25)26-6-3;/h4,14H,1,5-13H2,2-3H3,(H,18,19);1H. The number of nitrogens with zero attached hydrogens (tertiary/aromatic N) is 6. The maximum Gasteiger partial charge on any atom is 0.409 e. The summed E-state index contributed by atoms with van der Waals surface area (Å²) in [5.74, 6) is 1.79. The van der Waals surface area contributed by atoms with Crippen LogP contribution in [-0.2, 0) is 17.7 Å². The van der Waals surface area contributed by atoms with Gasteiger partial charge in [0.2, 0.25) is 0 Å². The molecular formula is C17H30IN7O2. The molecule has 0 saturated carbocycles. The van der Waals surface area contributed by atoms with Crippen LogP contribution in [0.4, 0.5) is 4.79 Å². The smallest absolute Gasteiger partial charge is 0.409 e. The van der Waals surface area contributed by atoms with Crippen molar-refractivity contribution in [2.45, 2.75) is 26.8 Å². The number of hydrogen-bond acceptors (Lipinski definition) is 5. The molecule has 10 heteroatoms. The van der Waals surface area contributed by atoms with Crippen LogP contribution >= 0.6 is 24.0 Å². The van der Waals surface area contributed by atoms with Crippen molar-refractivity contribution in [2.75, 3.05) is 45.9 Å². The predicted molar refractivity (Wildman–Crippen MR) is 115 cm³/mol. The topological polar surface area (TPSA) is 87.9 Å². The number of rotatable bonds is 7. The maximum atomic E-state index is 11.8. The third kappa shape index (κ3) is 7.00. The number of aromatic nitrogens is 3. The number of nitrogens with one attached hydrogen (secondary N) is 1. The quantitative estimate of drug-likeness (QED) is 0.268. The first-order chi connectivity index (χ1) is 12.7. The summed E-state index contributed by atoms with van der Waals surface area (Å²) >= 11 is 0. The van der Waals surface area contributed by atoms with E-state index in [-0.39, 0.29) is 30.1 Å². The predicted octanol–water partition coefficient (Wildman–Crippen LogP) is 1.36. The third-order valence-electron chi connectivity index (χ3n) is 4.12. The molecule has 1 amide bonds. The summed E-state index contributed by atoms with van der Waals surface area (Å²) in [4.78, 5) is 20.4. The number of aryl methyl sites for hydroxylation is 1. The molecule has 2 heterocycles. The van der Waals surface area contributed by atoms with Crippen LogP contribution in [-0.4, -0.2) is 82.5 Å². The first-order valence-electron chi connectivity index (χ1n) is 9.12. The fraction of sp³-hybridized carbons (Fsp3) is 0.647. The molecule has 9 nitrogen and oxygen atoms in total. The lowest BCUT2D eigenvalue weighted by Gasteiger charge is -2.35. The average Bonchev–Trinajstić information content (AvgIpc) is 3.12. The highest BCUT2D eigenvalue weighted by Crippen LogP contribution is 2.05. The summed E-state index contributed by atoms with van der Waals surface area (Å²) < 4.78 is 7.09. The number of ether oxygens (including phenoxy) is 1. The number of hydrogen-bond donors (Lipinski definition) is 1. The minimum atomic E-state index is -0.246. The number of guanidine groups is 1. The first kappa shape index (κ1) is 23.2. The molecule has 0 radical (unpaired) electrons. The zero-order valence-corrected chi connectivity index (χ0v) is 18.5. The van der Waals surface area contributed by atoms with Crippen molar-refractivity contribution in [3.05, 3.63) is 24.8 Å². The molecule has 0 bridgehead atoms. The molecule has 1 aliphatic rings. The summed E-state index contributed by atoms with van der Waals surface area (Å²) in [5, 5.41) is 11.3. The molecule has 0 spiro atoms. The van der Waals surface area contributed by atoms with Crippen molar-refractivity contribution in [3.8, 4) is 0 Å². The van der Waals surface area contributed by atoms with Gasteiger partial charge in [0.25, 0.3) is 0 Å². The Labute approximate surface area is 177 Å². The van der Waals surface area contributed by atoms with Crippen molar-refractivity contribution in [1.29, 1.82) is 0 Å². The molecule has 0 aliphatic carbocycles. The van der Waals surface area contributed by atoms with E-state index in [4.69, 9.17) is 9.73 Å². The lowest BCUT2D eigenvalue weighted by molar-refractivity contribution is 0.0914. The second-order valence-corrected chi connectivity index (χ2v) is 5.84. The number of piperazine rings is 1. The Bertz CT molecular complexity index is 612. The molecule has 0 aromatic carbocycles. The monoisotopic (exact) mass is 491 g/mol. The number of aliphatic imine (C=N–C) groups is 1. The normalized spacial score (nSPS) is 14.5. The average molecular weight is 491 g/mol. The van der Waals surface area contributed by atoms with Gasteiger partial charge in [-0.15, -0.1) is 40.8 Å². The van der Waals surface area contributed by atoms with E-state index >= 15 is 0 Å². The molecule has 1 fully saturated rings. The molecule has 0 unspecified atom stereocenters. The van der Waals surface area contributed by atoms with Gasteiger partial charge in [0.05, 0.1) is 13.2 Å². The zero-order chi connectivity index (χ0) is 18.8. The van der Waals surface area contributed by atoms with E-state index in [1.807, 2.05) is 11.5 Å². The molecule has 152 valence electrons. The van der Waals surface area contributed by atoms with E-state index in [0.717, 1.165) is 24.7 Å². The Kier molecular flexibility index (Phi) is 10.8. The summed E-state index contributed by atoms with van der Waals surface area (Å²) in [6, 6.07) is 0. The Morgan fingerprint density at radius 3 is 2.67 bits per heavy atom. The highest BCUT2D eigenvalue weighted by molar-refractivity contribution is 14.0. The highest BCUT2D eigenvalue weighted by atomic mass is 127. The molecule has 1 N–H and O–H groups in total. The molecule has 1 aliphatic heterocycles. The van der Waals surface area contributed by atoms with Crippen LogP contribution in [0.5, 0.6) is 0 Å². The van der Waals surface area contributed by atoms with Crippen LogP contribution in [0.1, 0.15) is 19.7 Å². The van der Waals surface area contributed by atoms with Gasteiger partial charge in [0.15, 0.2) is 5.96 Å². The van der Waals surface area contributed by atoms with Gasteiger partial charge in [-0.3, -0.25) is 4.99 Å². The van der Waals surface area contributed by atoms with E-state index in [1.54, 1.807) is 17.3 Å². The summed E-state index contributed by atoms with van der Waals surface area (Å²) in [7, 11) is 0. The van der Waals surface area contributed by atoms with Gasteiger partial charge >= 0.3 is 6.09 Å². The van der Waals surface area contributed by atoms with Gasteiger partial charge in [-0.05, 0) is 6.92 Å². The molecular weight excluding hydrogens is 461 g/mol. The van der Waals surface area contributed by atoms with Crippen molar-refractivity contribution >= 4 is 36.0 Å². The zero-order valence-electron chi connectivity index (χ0n) is 16.1. The summed E-state index contributed by atoms with van der Waals surface area (Å²) in [5.41, 5.74) is 0. The molecule has 1 saturated heterocycles. The molecule has 1 aromatic rings. The highest BCUT2D eigenvalue weighted by Gasteiger charge is 2.23. The first-order valence-corrected chi connectivity index (χ1v) is 9.12. The van der Waals surface area contributed by atoms with E-state index < -0.39 is 0 Å². The SMILES string of the molecule is C=CCNC(=NCCn1cnnc1CC)N1CCN(C(=O)OCC)CC1.I. The number of amides is 1. The Balaban J connectivity index is 0.00000364. The van der Waals surface area contributed by atoms with E-state index in [2.05, 4.69) is 33.9 Å². The van der Waals surface area contributed by atoms with Crippen LogP contribution < -0.4 is 5.32 Å². The van der Waals surface area contributed by atoms with Crippen LogP contribution in [0.2, 0.25) is 0 Å².